The zero-order valence-corrected chi connectivity index (χ0v) is 11.7. The van der Waals surface area contributed by atoms with Crippen molar-refractivity contribution in [2.45, 2.75) is 13.8 Å². The second-order valence-electron chi connectivity index (χ2n) is 4.17. The molecule has 2 rings (SSSR count). The fourth-order valence-electron chi connectivity index (χ4n) is 1.55. The molecule has 0 saturated carbocycles. The van der Waals surface area contributed by atoms with Gasteiger partial charge < -0.3 is 15.7 Å². The summed E-state index contributed by atoms with van der Waals surface area (Å²) >= 11 is 5.93. The topological polar surface area (TPSA) is 93.6 Å². The van der Waals surface area contributed by atoms with E-state index in [0.29, 0.717) is 16.5 Å². The molecule has 0 aliphatic carbocycles. The number of ether oxygens (including phenoxy) is 1. The van der Waals surface area contributed by atoms with Crippen LogP contribution in [-0.2, 0) is 0 Å². The molecule has 0 atom stereocenters. The summed E-state index contributed by atoms with van der Waals surface area (Å²) in [6, 6.07) is 6.97. The van der Waals surface area contributed by atoms with Gasteiger partial charge in [0.15, 0.2) is 5.84 Å². The van der Waals surface area contributed by atoms with Crippen molar-refractivity contribution in [1.82, 2.24) is 9.97 Å². The van der Waals surface area contributed by atoms with Crippen molar-refractivity contribution >= 4 is 17.4 Å². The monoisotopic (exact) mass is 292 g/mol. The van der Waals surface area contributed by atoms with E-state index in [2.05, 4.69) is 15.1 Å². The average Bonchev–Trinajstić information content (AvgIpc) is 2.41. The third-order valence-corrected chi connectivity index (χ3v) is 2.79. The quantitative estimate of drug-likeness (QED) is 0.392. The molecule has 0 fully saturated rings. The van der Waals surface area contributed by atoms with Crippen LogP contribution < -0.4 is 10.5 Å². The fourth-order valence-corrected chi connectivity index (χ4v) is 1.71. The Balaban J connectivity index is 2.38. The highest BCUT2D eigenvalue weighted by Crippen LogP contribution is 2.26. The minimum Gasteiger partial charge on any atom is -0.424 e. The lowest BCUT2D eigenvalue weighted by Crippen LogP contribution is -2.16. The second kappa shape index (κ2) is 5.75. The predicted molar refractivity (Wildman–Crippen MR) is 75.5 cm³/mol. The van der Waals surface area contributed by atoms with Gasteiger partial charge in [-0.3, -0.25) is 0 Å². The third-order valence-electron chi connectivity index (χ3n) is 2.56. The highest BCUT2D eigenvalue weighted by atomic mass is 35.5. The summed E-state index contributed by atoms with van der Waals surface area (Å²) in [5, 5.41) is 12.1. The highest BCUT2D eigenvalue weighted by molar-refractivity contribution is 6.30. The smallest absolute Gasteiger partial charge is 0.322 e. The molecular weight excluding hydrogens is 280 g/mol. The van der Waals surface area contributed by atoms with Gasteiger partial charge in [-0.15, -0.1) is 0 Å². The maximum atomic E-state index is 8.68. The number of nitrogens with zero attached hydrogens (tertiary/aromatic N) is 3. The summed E-state index contributed by atoms with van der Waals surface area (Å²) in [7, 11) is 0. The first kappa shape index (κ1) is 14.1. The average molecular weight is 293 g/mol. The van der Waals surface area contributed by atoms with Crippen LogP contribution in [0, 0.1) is 13.8 Å². The molecule has 7 heteroatoms. The third kappa shape index (κ3) is 3.16. The minimum atomic E-state index is -0.108. The Bertz CT molecular complexity index is 673. The van der Waals surface area contributed by atoms with Crippen molar-refractivity contribution < 1.29 is 9.94 Å². The van der Waals surface area contributed by atoms with Gasteiger partial charge in [0.2, 0.25) is 0 Å². The van der Waals surface area contributed by atoms with Crippen molar-refractivity contribution in [1.29, 1.82) is 0 Å². The standard InChI is InChI=1S/C13H13ClN4O2/c1-7-3-4-9(14)6-11(7)20-13-16-8(2)5-10(17-13)12(15)18-19/h3-6,19H,1-2H3,(H2,15,18). The molecule has 1 heterocycles. The Morgan fingerprint density at radius 2 is 2.05 bits per heavy atom. The molecule has 0 aliphatic heterocycles. The number of halogens is 1. The lowest BCUT2D eigenvalue weighted by molar-refractivity contribution is 0.318. The summed E-state index contributed by atoms with van der Waals surface area (Å²) in [4.78, 5) is 8.23. The van der Waals surface area contributed by atoms with E-state index in [1.54, 1.807) is 25.1 Å². The molecular formula is C13H13ClN4O2. The van der Waals surface area contributed by atoms with Gasteiger partial charge in [0, 0.05) is 10.7 Å². The van der Waals surface area contributed by atoms with Crippen LogP contribution in [0.3, 0.4) is 0 Å². The van der Waals surface area contributed by atoms with Gasteiger partial charge in [-0.1, -0.05) is 22.8 Å². The van der Waals surface area contributed by atoms with Crippen molar-refractivity contribution in [2.24, 2.45) is 10.9 Å². The van der Waals surface area contributed by atoms with Crippen LogP contribution in [-0.4, -0.2) is 21.0 Å². The molecule has 3 N–H and O–H groups in total. The molecule has 0 radical (unpaired) electrons. The molecule has 0 aliphatic rings. The molecule has 0 spiro atoms. The van der Waals surface area contributed by atoms with E-state index in [-0.39, 0.29) is 17.5 Å². The summed E-state index contributed by atoms with van der Waals surface area (Å²) in [6.45, 7) is 3.64. The van der Waals surface area contributed by atoms with Gasteiger partial charge in [-0.05, 0) is 37.6 Å². The van der Waals surface area contributed by atoms with Crippen LogP contribution in [0.2, 0.25) is 5.02 Å². The van der Waals surface area contributed by atoms with Crippen molar-refractivity contribution in [3.05, 3.63) is 46.2 Å². The molecule has 104 valence electrons. The van der Waals surface area contributed by atoms with Crippen LogP contribution in [0.4, 0.5) is 0 Å². The van der Waals surface area contributed by atoms with E-state index < -0.39 is 0 Å². The predicted octanol–water partition coefficient (Wildman–Crippen LogP) is 2.63. The van der Waals surface area contributed by atoms with Crippen LogP contribution in [0.5, 0.6) is 11.8 Å². The lowest BCUT2D eigenvalue weighted by Gasteiger charge is -2.09. The molecule has 20 heavy (non-hydrogen) atoms. The SMILES string of the molecule is Cc1cc(/C(N)=N/O)nc(Oc2cc(Cl)ccc2C)n1. The molecule has 2 aromatic rings. The Morgan fingerprint density at radius 1 is 1.30 bits per heavy atom. The normalized spacial score (nSPS) is 11.4. The summed E-state index contributed by atoms with van der Waals surface area (Å²) in [6.07, 6.45) is 0. The minimum absolute atomic E-state index is 0.108. The number of aryl methyl sites for hydroxylation is 2. The fraction of sp³-hybridized carbons (Fsp3) is 0.154. The van der Waals surface area contributed by atoms with E-state index in [1.807, 2.05) is 13.0 Å². The van der Waals surface area contributed by atoms with Crippen LogP contribution in [0.15, 0.2) is 29.4 Å². The van der Waals surface area contributed by atoms with E-state index in [4.69, 9.17) is 27.3 Å². The second-order valence-corrected chi connectivity index (χ2v) is 4.61. The molecule has 0 bridgehead atoms. The number of aromatic nitrogens is 2. The van der Waals surface area contributed by atoms with E-state index in [0.717, 1.165) is 5.56 Å². The van der Waals surface area contributed by atoms with Gasteiger partial charge in [-0.2, -0.15) is 4.98 Å². The number of hydrogen-bond acceptors (Lipinski definition) is 5. The maximum absolute atomic E-state index is 8.68. The first-order valence-corrected chi connectivity index (χ1v) is 6.15. The van der Waals surface area contributed by atoms with Crippen molar-refractivity contribution in [2.75, 3.05) is 0 Å². The maximum Gasteiger partial charge on any atom is 0.322 e. The Hall–Kier alpha value is -2.34. The van der Waals surface area contributed by atoms with Gasteiger partial charge >= 0.3 is 6.01 Å². The summed E-state index contributed by atoms with van der Waals surface area (Å²) < 4.78 is 5.61. The lowest BCUT2D eigenvalue weighted by atomic mass is 10.2. The van der Waals surface area contributed by atoms with Gasteiger partial charge in [0.1, 0.15) is 11.4 Å². The number of hydrogen-bond donors (Lipinski definition) is 2. The van der Waals surface area contributed by atoms with E-state index in [1.165, 1.54) is 0 Å². The molecule has 1 aromatic heterocycles. The number of oxime groups is 1. The molecule has 6 nitrogen and oxygen atoms in total. The number of benzene rings is 1. The summed E-state index contributed by atoms with van der Waals surface area (Å²) in [5.41, 5.74) is 7.33. The zero-order valence-electron chi connectivity index (χ0n) is 11.0. The summed E-state index contributed by atoms with van der Waals surface area (Å²) in [5.74, 6) is 0.441. The first-order valence-electron chi connectivity index (χ1n) is 5.77. The molecule has 0 saturated heterocycles. The Morgan fingerprint density at radius 3 is 2.75 bits per heavy atom. The highest BCUT2D eigenvalue weighted by Gasteiger charge is 2.10. The van der Waals surface area contributed by atoms with Crippen LogP contribution in [0.1, 0.15) is 17.0 Å². The largest absolute Gasteiger partial charge is 0.424 e. The first-order chi connectivity index (χ1) is 9.49. The number of rotatable bonds is 3. The van der Waals surface area contributed by atoms with Gasteiger partial charge in [0.25, 0.3) is 0 Å². The van der Waals surface area contributed by atoms with Crippen molar-refractivity contribution in [3.8, 4) is 11.8 Å². The number of amidine groups is 1. The van der Waals surface area contributed by atoms with Crippen molar-refractivity contribution in [3.63, 3.8) is 0 Å². The Labute approximate surface area is 120 Å². The molecule has 1 aromatic carbocycles. The molecule has 0 unspecified atom stereocenters. The molecule has 0 amide bonds. The zero-order chi connectivity index (χ0) is 14.7. The van der Waals surface area contributed by atoms with Gasteiger partial charge in [0.05, 0.1) is 0 Å². The van der Waals surface area contributed by atoms with E-state index >= 15 is 0 Å². The van der Waals surface area contributed by atoms with E-state index in [9.17, 15) is 0 Å². The number of nitrogens with two attached hydrogens (primary N) is 1. The van der Waals surface area contributed by atoms with Crippen LogP contribution >= 0.6 is 11.6 Å². The van der Waals surface area contributed by atoms with Gasteiger partial charge in [-0.25, -0.2) is 4.98 Å². The Kier molecular flexibility index (Phi) is 4.05. The van der Waals surface area contributed by atoms with Crippen LogP contribution in [0.25, 0.3) is 0 Å².